The minimum atomic E-state index is -0.847. The Kier molecular flexibility index (Phi) is 3.63. The number of carboxylic acids is 1. The first-order valence-electron chi connectivity index (χ1n) is 2.07. The van der Waals surface area contributed by atoms with Crippen LogP contribution in [0.4, 0.5) is 0 Å². The Bertz CT molecular complexity index is 183. The molecule has 1 rings (SSSR count). The van der Waals surface area contributed by atoms with E-state index in [1.807, 2.05) is 0 Å². The molecule has 44 valence electrons. The topological polar surface area (TPSA) is 37.3 Å². The van der Waals surface area contributed by atoms with Crippen molar-refractivity contribution in [2.24, 2.45) is 0 Å². The molecule has 0 aromatic carbocycles. The summed E-state index contributed by atoms with van der Waals surface area (Å²) in [6.07, 6.45) is 0. The number of thiophene rings is 1. The van der Waals surface area contributed by atoms with Crippen molar-refractivity contribution < 1.29 is 9.90 Å². The monoisotopic (exact) mass is 136 g/mol. The molecular weight excluding hydrogens is 131 g/mol. The molecule has 0 spiro atoms. The van der Waals surface area contributed by atoms with E-state index >= 15 is 0 Å². The average Bonchev–Trinajstić information content (AvgIpc) is 2.12. The predicted octanol–water partition coefficient (Wildman–Crippen LogP) is 0.798. The van der Waals surface area contributed by atoms with E-state index in [4.69, 9.17) is 5.11 Å². The van der Waals surface area contributed by atoms with Gasteiger partial charge in [-0.2, -0.15) is 0 Å². The maximum absolute atomic E-state index is 10.1. The Morgan fingerprint density at radius 1 is 1.67 bits per heavy atom. The van der Waals surface area contributed by atoms with Crippen LogP contribution in [0, 0.1) is 0 Å². The molecule has 0 amide bonds. The molecule has 1 aromatic heterocycles. The molecule has 0 aliphatic heterocycles. The van der Waals surface area contributed by atoms with Gasteiger partial charge in [0.1, 0.15) is 4.88 Å². The standard InChI is InChI=1S/C5H4O2S.Li.H/c6-5(7)4-2-1-3-8-4;;/h1-3H,(H,6,7);;. The summed E-state index contributed by atoms with van der Waals surface area (Å²) in [6.45, 7) is 0. The van der Waals surface area contributed by atoms with Crippen molar-refractivity contribution in [3.05, 3.63) is 22.4 Å². The molecule has 9 heavy (non-hydrogen) atoms. The van der Waals surface area contributed by atoms with Crippen LogP contribution < -0.4 is 0 Å². The molecule has 2 nitrogen and oxygen atoms in total. The van der Waals surface area contributed by atoms with Gasteiger partial charge in [0.05, 0.1) is 0 Å². The van der Waals surface area contributed by atoms with E-state index in [1.54, 1.807) is 17.5 Å². The van der Waals surface area contributed by atoms with Crippen molar-refractivity contribution in [2.45, 2.75) is 0 Å². The molecule has 4 heteroatoms. The fourth-order valence-electron chi connectivity index (χ4n) is 0.400. The zero-order valence-electron chi connectivity index (χ0n) is 4.00. The zero-order valence-corrected chi connectivity index (χ0v) is 4.81. The van der Waals surface area contributed by atoms with Crippen LogP contribution in [-0.2, 0) is 0 Å². The van der Waals surface area contributed by atoms with Gasteiger partial charge in [-0.05, 0) is 11.4 Å². The Balaban J connectivity index is 0.000000640. The molecule has 1 N–H and O–H groups in total. The summed E-state index contributed by atoms with van der Waals surface area (Å²) in [7, 11) is 0. The SMILES string of the molecule is O=C(O)c1cccs1.[LiH]. The molecule has 1 aromatic rings. The average molecular weight is 136 g/mol. The van der Waals surface area contributed by atoms with E-state index in [9.17, 15) is 4.79 Å². The van der Waals surface area contributed by atoms with Crippen LogP contribution in [0.15, 0.2) is 17.5 Å². The van der Waals surface area contributed by atoms with Crippen LogP contribution in [0.25, 0.3) is 0 Å². The second kappa shape index (κ2) is 3.73. The van der Waals surface area contributed by atoms with Gasteiger partial charge in [-0.15, -0.1) is 11.3 Å². The predicted molar refractivity (Wildman–Crippen MR) is 38.4 cm³/mol. The van der Waals surface area contributed by atoms with Crippen molar-refractivity contribution in [1.82, 2.24) is 0 Å². The van der Waals surface area contributed by atoms with Crippen molar-refractivity contribution >= 4 is 36.2 Å². The number of carboxylic acid groups (broad SMARTS) is 1. The van der Waals surface area contributed by atoms with E-state index in [2.05, 4.69) is 0 Å². The summed E-state index contributed by atoms with van der Waals surface area (Å²) >= 11 is 1.23. The van der Waals surface area contributed by atoms with Gasteiger partial charge >= 0.3 is 24.8 Å². The number of aromatic carboxylic acids is 1. The van der Waals surface area contributed by atoms with Gasteiger partial charge in [-0.1, -0.05) is 6.07 Å². The molecule has 0 aliphatic rings. The fourth-order valence-corrected chi connectivity index (χ4v) is 0.962. The van der Waals surface area contributed by atoms with Gasteiger partial charge in [0, 0.05) is 0 Å². The summed E-state index contributed by atoms with van der Waals surface area (Å²) < 4.78 is 0. The third-order valence-electron chi connectivity index (χ3n) is 0.732. The molecule has 0 radical (unpaired) electrons. The molecular formula is C5H5LiO2S. The Morgan fingerprint density at radius 3 is 2.56 bits per heavy atom. The van der Waals surface area contributed by atoms with Gasteiger partial charge < -0.3 is 5.11 Å². The molecule has 1 heterocycles. The molecule has 0 unspecified atom stereocenters. The van der Waals surface area contributed by atoms with Crippen molar-refractivity contribution in [3.8, 4) is 0 Å². The van der Waals surface area contributed by atoms with Crippen LogP contribution >= 0.6 is 11.3 Å². The van der Waals surface area contributed by atoms with Crippen LogP contribution in [0.1, 0.15) is 9.67 Å². The molecule has 0 fully saturated rings. The zero-order chi connectivity index (χ0) is 5.98. The Labute approximate surface area is 68.7 Å². The summed E-state index contributed by atoms with van der Waals surface area (Å²) in [5, 5.41) is 10.0. The first kappa shape index (κ1) is 8.77. The van der Waals surface area contributed by atoms with Gasteiger partial charge in [-0.3, -0.25) is 0 Å². The van der Waals surface area contributed by atoms with Gasteiger partial charge in [0.15, 0.2) is 0 Å². The van der Waals surface area contributed by atoms with Crippen LogP contribution in [0.5, 0.6) is 0 Å². The van der Waals surface area contributed by atoms with Gasteiger partial charge in [0.2, 0.25) is 0 Å². The second-order valence-corrected chi connectivity index (χ2v) is 2.23. The van der Waals surface area contributed by atoms with E-state index in [1.165, 1.54) is 11.3 Å². The quantitative estimate of drug-likeness (QED) is 0.579. The molecule has 0 saturated carbocycles. The van der Waals surface area contributed by atoms with E-state index < -0.39 is 5.97 Å². The van der Waals surface area contributed by atoms with E-state index in [-0.39, 0.29) is 18.9 Å². The van der Waals surface area contributed by atoms with Crippen LogP contribution in [0.3, 0.4) is 0 Å². The number of hydrogen-bond acceptors (Lipinski definition) is 2. The third kappa shape index (κ3) is 2.23. The van der Waals surface area contributed by atoms with Crippen LogP contribution in [0.2, 0.25) is 0 Å². The van der Waals surface area contributed by atoms with Crippen LogP contribution in [-0.4, -0.2) is 29.9 Å². The Morgan fingerprint density at radius 2 is 2.33 bits per heavy atom. The summed E-state index contributed by atoms with van der Waals surface area (Å²) in [5.41, 5.74) is 0. The third-order valence-corrected chi connectivity index (χ3v) is 1.59. The van der Waals surface area contributed by atoms with Crippen molar-refractivity contribution in [2.75, 3.05) is 0 Å². The van der Waals surface area contributed by atoms with E-state index in [0.717, 1.165) is 0 Å². The molecule has 0 bridgehead atoms. The summed E-state index contributed by atoms with van der Waals surface area (Å²) in [4.78, 5) is 10.5. The van der Waals surface area contributed by atoms with E-state index in [0.29, 0.717) is 4.88 Å². The fraction of sp³-hybridized carbons (Fsp3) is 0. The van der Waals surface area contributed by atoms with Gasteiger partial charge in [-0.25, -0.2) is 4.79 Å². The first-order chi connectivity index (χ1) is 3.80. The van der Waals surface area contributed by atoms with Crippen molar-refractivity contribution in [1.29, 1.82) is 0 Å². The second-order valence-electron chi connectivity index (χ2n) is 1.28. The number of carbonyl (C=O) groups is 1. The normalized spacial score (nSPS) is 8.00. The molecule has 0 saturated heterocycles. The summed E-state index contributed by atoms with van der Waals surface area (Å²) in [6, 6.07) is 3.29. The first-order valence-corrected chi connectivity index (χ1v) is 2.95. The number of rotatable bonds is 1. The summed E-state index contributed by atoms with van der Waals surface area (Å²) in [5.74, 6) is -0.847. The van der Waals surface area contributed by atoms with Crippen molar-refractivity contribution in [3.63, 3.8) is 0 Å². The Hall–Kier alpha value is -0.233. The molecule has 0 atom stereocenters. The molecule has 0 aliphatic carbocycles. The van der Waals surface area contributed by atoms with Gasteiger partial charge in [0.25, 0.3) is 0 Å². The maximum atomic E-state index is 10.1. The minimum absolute atomic E-state index is 0. The number of hydrogen-bond donors (Lipinski definition) is 1.